The minimum absolute atomic E-state index is 0.137. The van der Waals surface area contributed by atoms with Gasteiger partial charge in [0.05, 0.1) is 11.9 Å². The monoisotopic (exact) mass is 307 g/mol. The molecule has 0 spiro atoms. The van der Waals surface area contributed by atoms with E-state index in [4.69, 9.17) is 0 Å². The minimum atomic E-state index is 0.137. The topological polar surface area (TPSA) is 45.2 Å². The Hall–Kier alpha value is -2.36. The second-order valence-corrected chi connectivity index (χ2v) is 6.46. The SMILES string of the molecule is O=C(Nc1ccc(N2CCc3ccccc3C2)nc1)C1CCC1. The normalized spacial score (nSPS) is 17.3. The average Bonchev–Trinajstić information content (AvgIpc) is 2.53. The molecule has 0 atom stereocenters. The summed E-state index contributed by atoms with van der Waals surface area (Å²) in [4.78, 5) is 18.8. The summed E-state index contributed by atoms with van der Waals surface area (Å²) >= 11 is 0. The number of rotatable bonds is 3. The van der Waals surface area contributed by atoms with Gasteiger partial charge in [0.1, 0.15) is 5.82 Å². The molecule has 0 unspecified atom stereocenters. The fourth-order valence-corrected chi connectivity index (χ4v) is 3.25. The Morgan fingerprint density at radius 3 is 2.65 bits per heavy atom. The van der Waals surface area contributed by atoms with Gasteiger partial charge in [0, 0.05) is 19.0 Å². The first-order valence-electron chi connectivity index (χ1n) is 8.38. The molecule has 2 heterocycles. The number of anilines is 2. The zero-order chi connectivity index (χ0) is 15.6. The fraction of sp³-hybridized carbons (Fsp3) is 0.368. The highest BCUT2D eigenvalue weighted by Gasteiger charge is 2.25. The lowest BCUT2D eigenvalue weighted by molar-refractivity contribution is -0.122. The number of carbonyl (C=O) groups excluding carboxylic acids is 1. The van der Waals surface area contributed by atoms with Gasteiger partial charge in [-0.1, -0.05) is 30.7 Å². The molecule has 1 aromatic heterocycles. The van der Waals surface area contributed by atoms with Crippen LogP contribution in [0, 0.1) is 5.92 Å². The summed E-state index contributed by atoms with van der Waals surface area (Å²) in [6.07, 6.45) is 6.03. The number of nitrogens with one attached hydrogen (secondary N) is 1. The van der Waals surface area contributed by atoms with Crippen molar-refractivity contribution in [2.24, 2.45) is 5.92 Å². The van der Waals surface area contributed by atoms with Crippen LogP contribution in [-0.4, -0.2) is 17.4 Å². The first-order valence-corrected chi connectivity index (χ1v) is 8.38. The van der Waals surface area contributed by atoms with Gasteiger partial charge in [-0.25, -0.2) is 4.98 Å². The molecule has 1 aliphatic carbocycles. The van der Waals surface area contributed by atoms with Crippen LogP contribution in [0.15, 0.2) is 42.6 Å². The van der Waals surface area contributed by atoms with Crippen LogP contribution < -0.4 is 10.2 Å². The molecular formula is C19H21N3O. The number of hydrogen-bond donors (Lipinski definition) is 1. The third-order valence-corrected chi connectivity index (χ3v) is 4.95. The van der Waals surface area contributed by atoms with Crippen LogP contribution in [0.5, 0.6) is 0 Å². The Bertz CT molecular complexity index is 707. The van der Waals surface area contributed by atoms with Gasteiger partial charge in [0.15, 0.2) is 0 Å². The Morgan fingerprint density at radius 1 is 1.13 bits per heavy atom. The van der Waals surface area contributed by atoms with E-state index in [9.17, 15) is 4.79 Å². The van der Waals surface area contributed by atoms with Crippen molar-refractivity contribution in [1.82, 2.24) is 4.98 Å². The maximum Gasteiger partial charge on any atom is 0.227 e. The first kappa shape index (κ1) is 14.2. The molecule has 23 heavy (non-hydrogen) atoms. The summed E-state index contributed by atoms with van der Waals surface area (Å²) in [7, 11) is 0. The van der Waals surface area contributed by atoms with E-state index in [0.29, 0.717) is 0 Å². The van der Waals surface area contributed by atoms with Crippen LogP contribution in [-0.2, 0) is 17.8 Å². The smallest absolute Gasteiger partial charge is 0.227 e. The van der Waals surface area contributed by atoms with Gasteiger partial charge in [-0.15, -0.1) is 0 Å². The fourth-order valence-electron chi connectivity index (χ4n) is 3.25. The largest absolute Gasteiger partial charge is 0.352 e. The molecule has 118 valence electrons. The molecule has 2 aliphatic rings. The maximum atomic E-state index is 12.0. The van der Waals surface area contributed by atoms with E-state index >= 15 is 0 Å². The summed E-state index contributed by atoms with van der Waals surface area (Å²) in [5.74, 6) is 1.31. The van der Waals surface area contributed by atoms with Crippen LogP contribution >= 0.6 is 0 Å². The van der Waals surface area contributed by atoms with E-state index in [1.54, 1.807) is 6.20 Å². The number of carbonyl (C=O) groups is 1. The highest BCUT2D eigenvalue weighted by atomic mass is 16.1. The van der Waals surface area contributed by atoms with Gasteiger partial charge in [0.2, 0.25) is 5.91 Å². The van der Waals surface area contributed by atoms with E-state index in [1.807, 2.05) is 12.1 Å². The van der Waals surface area contributed by atoms with Crippen molar-refractivity contribution in [1.29, 1.82) is 0 Å². The van der Waals surface area contributed by atoms with Gasteiger partial charge in [0.25, 0.3) is 0 Å². The second kappa shape index (κ2) is 6.03. The number of aromatic nitrogens is 1. The summed E-state index contributed by atoms with van der Waals surface area (Å²) in [6.45, 7) is 1.88. The van der Waals surface area contributed by atoms with Crippen molar-refractivity contribution < 1.29 is 4.79 Å². The molecule has 1 fully saturated rings. The summed E-state index contributed by atoms with van der Waals surface area (Å²) < 4.78 is 0. The van der Waals surface area contributed by atoms with E-state index in [2.05, 4.69) is 39.5 Å². The Kier molecular flexibility index (Phi) is 3.74. The van der Waals surface area contributed by atoms with E-state index < -0.39 is 0 Å². The van der Waals surface area contributed by atoms with Gasteiger partial charge in [-0.3, -0.25) is 4.79 Å². The lowest BCUT2D eigenvalue weighted by atomic mass is 9.85. The summed E-state index contributed by atoms with van der Waals surface area (Å²) in [6, 6.07) is 12.6. The molecule has 2 aromatic rings. The van der Waals surface area contributed by atoms with Crippen molar-refractivity contribution in [3.05, 3.63) is 53.7 Å². The molecule has 1 aromatic carbocycles. The molecule has 4 nitrogen and oxygen atoms in total. The zero-order valence-electron chi connectivity index (χ0n) is 13.2. The van der Waals surface area contributed by atoms with Crippen LogP contribution in [0.4, 0.5) is 11.5 Å². The molecule has 1 N–H and O–H groups in total. The maximum absolute atomic E-state index is 12.0. The molecule has 1 amide bonds. The standard InChI is InChI=1S/C19H21N3O/c23-19(15-6-3-7-15)21-17-8-9-18(20-12-17)22-11-10-14-4-1-2-5-16(14)13-22/h1-2,4-5,8-9,12,15H,3,6-7,10-11,13H2,(H,21,23). The molecule has 1 saturated carbocycles. The van der Waals surface area contributed by atoms with Gasteiger partial charge in [-0.05, 0) is 42.5 Å². The second-order valence-electron chi connectivity index (χ2n) is 6.46. The van der Waals surface area contributed by atoms with Gasteiger partial charge in [-0.2, -0.15) is 0 Å². The van der Waals surface area contributed by atoms with Crippen LogP contribution in [0.1, 0.15) is 30.4 Å². The van der Waals surface area contributed by atoms with Crippen molar-refractivity contribution in [3.63, 3.8) is 0 Å². The van der Waals surface area contributed by atoms with E-state index in [0.717, 1.165) is 43.9 Å². The molecule has 0 bridgehead atoms. The third-order valence-electron chi connectivity index (χ3n) is 4.95. The Balaban J connectivity index is 1.43. The number of hydrogen-bond acceptors (Lipinski definition) is 3. The third kappa shape index (κ3) is 2.93. The van der Waals surface area contributed by atoms with Crippen LogP contribution in [0.25, 0.3) is 0 Å². The van der Waals surface area contributed by atoms with Gasteiger partial charge >= 0.3 is 0 Å². The van der Waals surface area contributed by atoms with Crippen molar-refractivity contribution in [2.75, 3.05) is 16.8 Å². The number of pyridine rings is 1. The van der Waals surface area contributed by atoms with Crippen molar-refractivity contribution in [3.8, 4) is 0 Å². The predicted molar refractivity (Wildman–Crippen MR) is 91.4 cm³/mol. The molecule has 1 aliphatic heterocycles. The molecule has 4 heteroatoms. The number of fused-ring (bicyclic) bond motifs is 1. The summed E-state index contributed by atoms with van der Waals surface area (Å²) in [5, 5.41) is 2.97. The molecule has 0 saturated heterocycles. The quantitative estimate of drug-likeness (QED) is 0.945. The molecule has 0 radical (unpaired) electrons. The van der Waals surface area contributed by atoms with Crippen molar-refractivity contribution in [2.45, 2.75) is 32.2 Å². The lowest BCUT2D eigenvalue weighted by Gasteiger charge is -2.30. The van der Waals surface area contributed by atoms with Crippen LogP contribution in [0.3, 0.4) is 0 Å². The van der Waals surface area contributed by atoms with Gasteiger partial charge < -0.3 is 10.2 Å². The lowest BCUT2D eigenvalue weighted by Crippen LogP contribution is -2.31. The number of benzene rings is 1. The van der Waals surface area contributed by atoms with Crippen LogP contribution in [0.2, 0.25) is 0 Å². The average molecular weight is 307 g/mol. The summed E-state index contributed by atoms with van der Waals surface area (Å²) in [5.41, 5.74) is 3.61. The molecular weight excluding hydrogens is 286 g/mol. The number of amides is 1. The van der Waals surface area contributed by atoms with E-state index in [1.165, 1.54) is 17.5 Å². The minimum Gasteiger partial charge on any atom is -0.352 e. The number of nitrogens with zero attached hydrogens (tertiary/aromatic N) is 2. The predicted octanol–water partition coefficient (Wildman–Crippen LogP) is 3.38. The van der Waals surface area contributed by atoms with Crippen molar-refractivity contribution >= 4 is 17.4 Å². The Labute approximate surface area is 136 Å². The Morgan fingerprint density at radius 2 is 1.96 bits per heavy atom. The first-order chi connectivity index (χ1) is 11.3. The molecule has 4 rings (SSSR count). The highest BCUT2D eigenvalue weighted by Crippen LogP contribution is 2.28. The zero-order valence-corrected chi connectivity index (χ0v) is 13.2. The highest BCUT2D eigenvalue weighted by molar-refractivity contribution is 5.92. The van der Waals surface area contributed by atoms with E-state index in [-0.39, 0.29) is 11.8 Å².